The lowest BCUT2D eigenvalue weighted by Crippen LogP contribution is -2.54. The molecule has 19 heteroatoms. The van der Waals surface area contributed by atoms with Crippen molar-refractivity contribution < 1.29 is 47.8 Å². The van der Waals surface area contributed by atoms with Crippen LogP contribution in [0.3, 0.4) is 0 Å². The maximum Gasteiger partial charge on any atom is 0.330 e. The maximum atomic E-state index is 14.5. The molecule has 2 N–H and O–H groups in total. The molecule has 19 nitrogen and oxygen atoms in total. The molecule has 390 valence electrons. The summed E-state index contributed by atoms with van der Waals surface area (Å²) in [6.45, 7) is 6.49. The quantitative estimate of drug-likeness (QED) is 0.0673. The first-order chi connectivity index (χ1) is 36.4. The van der Waals surface area contributed by atoms with Crippen LogP contribution >= 0.6 is 0 Å². The van der Waals surface area contributed by atoms with Crippen LogP contribution in [0.1, 0.15) is 94.2 Å². The molecule has 9 rings (SSSR count). The first-order valence-corrected chi connectivity index (χ1v) is 25.5. The van der Waals surface area contributed by atoms with E-state index in [1.807, 2.05) is 31.2 Å². The van der Waals surface area contributed by atoms with E-state index in [0.717, 1.165) is 71.9 Å². The van der Waals surface area contributed by atoms with Crippen LogP contribution in [0.15, 0.2) is 91.1 Å². The van der Waals surface area contributed by atoms with Gasteiger partial charge in [0.15, 0.2) is 0 Å². The third-order valence-corrected chi connectivity index (χ3v) is 14.0. The Kier molecular flexibility index (Phi) is 16.1. The number of piperazine rings is 1. The van der Waals surface area contributed by atoms with Crippen molar-refractivity contribution in [3.8, 4) is 17.2 Å². The number of urea groups is 1. The van der Waals surface area contributed by atoms with Crippen LogP contribution in [-0.4, -0.2) is 127 Å². The Morgan fingerprint density at radius 3 is 2.23 bits per heavy atom. The van der Waals surface area contributed by atoms with E-state index >= 15 is 0 Å². The lowest BCUT2D eigenvalue weighted by atomic mass is 10.0. The largest absolute Gasteiger partial charge is 0.497 e. The number of rotatable bonds is 21. The van der Waals surface area contributed by atoms with Gasteiger partial charge in [-0.2, -0.15) is 0 Å². The van der Waals surface area contributed by atoms with Crippen LogP contribution in [0.2, 0.25) is 0 Å². The van der Waals surface area contributed by atoms with Gasteiger partial charge in [-0.25, -0.2) is 14.8 Å². The topological polar surface area (TPSA) is 213 Å². The fourth-order valence-electron chi connectivity index (χ4n) is 9.78. The minimum absolute atomic E-state index is 0.0328. The molecule has 4 aromatic carbocycles. The fraction of sp³-hybridized carbons (Fsp3) is 0.375. The predicted octanol–water partition coefficient (Wildman–Crippen LogP) is 5.64. The number of anilines is 3. The van der Waals surface area contributed by atoms with E-state index < -0.39 is 29.7 Å². The number of piperidine rings is 1. The van der Waals surface area contributed by atoms with Crippen LogP contribution in [-0.2, 0) is 45.1 Å². The van der Waals surface area contributed by atoms with E-state index in [1.165, 1.54) is 6.07 Å². The van der Waals surface area contributed by atoms with Crippen molar-refractivity contribution >= 4 is 58.5 Å². The van der Waals surface area contributed by atoms with Gasteiger partial charge in [0.25, 0.3) is 11.8 Å². The van der Waals surface area contributed by atoms with Gasteiger partial charge in [-0.15, -0.1) is 0 Å². The number of Topliss-reactive ketones (excluding diaryl/α,β-unsaturated/α-hetero) is 1. The minimum Gasteiger partial charge on any atom is -0.497 e. The molecule has 4 aliphatic rings. The average molecular weight is 1020 g/mol. The monoisotopic (exact) mass is 1020 g/mol. The Hall–Kier alpha value is -8.19. The molecule has 0 aliphatic carbocycles. The summed E-state index contributed by atoms with van der Waals surface area (Å²) in [5.41, 5.74) is 5.61. The highest BCUT2D eigenvalue weighted by molar-refractivity contribution is 6.24. The van der Waals surface area contributed by atoms with E-state index in [-0.39, 0.29) is 60.5 Å². The molecule has 2 fully saturated rings. The molecule has 1 unspecified atom stereocenters. The van der Waals surface area contributed by atoms with Gasteiger partial charge in [-0.3, -0.25) is 53.7 Å². The first-order valence-electron chi connectivity index (χ1n) is 25.5. The molecule has 0 radical (unpaired) electrons. The summed E-state index contributed by atoms with van der Waals surface area (Å²) in [4.78, 5) is 109. The SMILES string of the molecule is CCC(=O)Cc1ccc(CN2C(=O)N(c3cc(OC)cc(OC)c3)Cc3cnc(Cc4ccc(N5CCN(CC(=O)NCCCCCOc6cccc7c6C(=O)N(C6CCC(=O)NC6=O)C7=O)CC5)cc4)nc32)cc1. The summed E-state index contributed by atoms with van der Waals surface area (Å²) in [7, 11) is 3.14. The van der Waals surface area contributed by atoms with Crippen molar-refractivity contribution in [2.45, 2.75) is 77.4 Å². The zero-order valence-electron chi connectivity index (χ0n) is 42.5. The molecular formula is C56H61N9O10. The Bertz CT molecular complexity index is 2950. The Labute approximate surface area is 435 Å². The fourth-order valence-corrected chi connectivity index (χ4v) is 9.78. The number of hydrogen-bond donors (Lipinski definition) is 2. The smallest absolute Gasteiger partial charge is 0.330 e. The zero-order chi connectivity index (χ0) is 52.6. The van der Waals surface area contributed by atoms with Crippen molar-refractivity contribution in [3.63, 3.8) is 0 Å². The van der Waals surface area contributed by atoms with Gasteiger partial charge in [-0.1, -0.05) is 49.4 Å². The lowest BCUT2D eigenvalue weighted by molar-refractivity contribution is -0.136. The van der Waals surface area contributed by atoms with Crippen LogP contribution in [0, 0.1) is 0 Å². The molecule has 1 atom stereocenters. The number of methoxy groups -OCH3 is 2. The summed E-state index contributed by atoms with van der Waals surface area (Å²) >= 11 is 0. The van der Waals surface area contributed by atoms with Gasteiger partial charge in [0, 0.05) is 94.1 Å². The summed E-state index contributed by atoms with van der Waals surface area (Å²) in [6.07, 6.45) is 5.38. The van der Waals surface area contributed by atoms with Gasteiger partial charge in [0.1, 0.15) is 40.7 Å². The van der Waals surface area contributed by atoms with Crippen LogP contribution in [0.25, 0.3) is 0 Å². The number of ether oxygens (including phenoxy) is 3. The summed E-state index contributed by atoms with van der Waals surface area (Å²) in [5.74, 6) is 0.361. The van der Waals surface area contributed by atoms with Crippen molar-refractivity contribution in [1.82, 2.24) is 30.4 Å². The number of amides is 7. The highest BCUT2D eigenvalue weighted by atomic mass is 16.5. The molecule has 75 heavy (non-hydrogen) atoms. The minimum atomic E-state index is -1.05. The van der Waals surface area contributed by atoms with Gasteiger partial charge in [0.05, 0.1) is 57.3 Å². The molecule has 5 aromatic rings. The molecular weight excluding hydrogens is 959 g/mol. The maximum absolute atomic E-state index is 14.5. The highest BCUT2D eigenvalue weighted by Crippen LogP contribution is 2.37. The number of benzene rings is 4. The Morgan fingerprint density at radius 2 is 1.52 bits per heavy atom. The number of nitrogens with one attached hydrogen (secondary N) is 2. The standard InChI is InChI=1S/C56H61N9O10/c1-4-42(66)27-36-11-13-38(14-12-36)33-64-52-39(34-63(56(64)72)41-29-43(73-2)31-44(30-41)74-3)32-58-48(59-52)28-37-15-17-40(18-16-37)62-24-22-61(23-25-62)35-50(68)57-21-6-5-7-26-75-47-10-8-9-45-51(47)55(71)65(54(45)70)46-19-20-49(67)60-53(46)69/h8-18,29-32,46H,4-7,19-28,33-35H2,1-3H3,(H,57,68)(H,60,67,69). The van der Waals surface area contributed by atoms with Gasteiger partial charge < -0.3 is 24.4 Å². The molecule has 7 amide bonds. The van der Waals surface area contributed by atoms with E-state index in [2.05, 4.69) is 44.7 Å². The number of imide groups is 2. The number of unbranched alkanes of at least 4 members (excludes halogenated alkanes) is 2. The number of hydrogen-bond acceptors (Lipinski definition) is 14. The lowest BCUT2D eigenvalue weighted by Gasteiger charge is -2.36. The highest BCUT2D eigenvalue weighted by Gasteiger charge is 2.46. The third kappa shape index (κ3) is 11.9. The predicted molar refractivity (Wildman–Crippen MR) is 278 cm³/mol. The molecule has 1 aromatic heterocycles. The van der Waals surface area contributed by atoms with Gasteiger partial charge >= 0.3 is 6.03 Å². The number of fused-ring (bicyclic) bond motifs is 2. The molecule has 0 bridgehead atoms. The normalized spacial score (nSPS) is 16.7. The van der Waals surface area contributed by atoms with E-state index in [4.69, 9.17) is 24.2 Å². The van der Waals surface area contributed by atoms with E-state index in [0.29, 0.717) is 74.2 Å². The van der Waals surface area contributed by atoms with Gasteiger partial charge in [-0.05, 0) is 66.6 Å². The molecule has 0 saturated carbocycles. The van der Waals surface area contributed by atoms with E-state index in [9.17, 15) is 33.6 Å². The van der Waals surface area contributed by atoms with Crippen LogP contribution in [0.5, 0.6) is 17.2 Å². The molecule has 2 saturated heterocycles. The second-order valence-corrected chi connectivity index (χ2v) is 19.0. The van der Waals surface area contributed by atoms with Crippen molar-refractivity contribution in [1.29, 1.82) is 0 Å². The zero-order valence-corrected chi connectivity index (χ0v) is 42.5. The molecule has 4 aliphatic heterocycles. The molecule has 5 heterocycles. The molecule has 0 spiro atoms. The Balaban J connectivity index is 0.732. The van der Waals surface area contributed by atoms with Gasteiger partial charge in [0.2, 0.25) is 17.7 Å². The number of carbonyl (C=O) groups excluding carboxylic acids is 7. The Morgan fingerprint density at radius 1 is 0.800 bits per heavy atom. The number of carbonyl (C=O) groups is 7. The first kappa shape index (κ1) is 51.7. The third-order valence-electron chi connectivity index (χ3n) is 14.0. The van der Waals surface area contributed by atoms with Crippen molar-refractivity contribution in [2.24, 2.45) is 0 Å². The summed E-state index contributed by atoms with van der Waals surface area (Å²) in [6, 6.07) is 25.0. The second-order valence-electron chi connectivity index (χ2n) is 19.0. The second kappa shape index (κ2) is 23.3. The van der Waals surface area contributed by atoms with Crippen molar-refractivity contribution in [2.75, 3.05) is 74.8 Å². The van der Waals surface area contributed by atoms with Crippen LogP contribution < -0.4 is 39.5 Å². The number of aromatic nitrogens is 2. The van der Waals surface area contributed by atoms with Crippen LogP contribution in [0.4, 0.5) is 22.0 Å². The summed E-state index contributed by atoms with van der Waals surface area (Å²) < 4.78 is 17.0. The average Bonchev–Trinajstić information content (AvgIpc) is 3.68. The number of ketones is 1. The van der Waals surface area contributed by atoms with Crippen molar-refractivity contribution in [3.05, 3.63) is 130 Å². The number of nitrogens with zero attached hydrogens (tertiary/aromatic N) is 7. The van der Waals surface area contributed by atoms with E-state index in [1.54, 1.807) is 60.5 Å². The summed E-state index contributed by atoms with van der Waals surface area (Å²) in [5, 5.41) is 5.23.